The van der Waals surface area contributed by atoms with Crippen LogP contribution in [0.25, 0.3) is 0 Å². The number of thiophene rings is 1. The minimum Gasteiger partial charge on any atom is -0.483 e. The van der Waals surface area contributed by atoms with E-state index in [0.717, 1.165) is 38.3 Å². The van der Waals surface area contributed by atoms with Gasteiger partial charge in [0.25, 0.3) is 0 Å². The second-order valence-corrected chi connectivity index (χ2v) is 7.61. The first kappa shape index (κ1) is 18.2. The van der Waals surface area contributed by atoms with Gasteiger partial charge in [0.15, 0.2) is 0 Å². The van der Waals surface area contributed by atoms with Gasteiger partial charge in [0.05, 0.1) is 5.69 Å². The van der Waals surface area contributed by atoms with Crippen LogP contribution in [0.5, 0.6) is 5.75 Å². The van der Waals surface area contributed by atoms with Crippen LogP contribution in [-0.2, 0) is 0 Å². The second kappa shape index (κ2) is 9.22. The molecule has 0 amide bonds. The molecule has 0 spiro atoms. The number of benzene rings is 1. The Morgan fingerprint density at radius 2 is 2.00 bits per heavy atom. The third-order valence-corrected chi connectivity index (χ3v) is 5.68. The van der Waals surface area contributed by atoms with E-state index in [0.29, 0.717) is 0 Å². The van der Waals surface area contributed by atoms with Crippen LogP contribution in [0.15, 0.2) is 41.8 Å². The Hall–Kier alpha value is -1.56. The van der Waals surface area contributed by atoms with Gasteiger partial charge in [0, 0.05) is 30.9 Å². The highest BCUT2D eigenvalue weighted by atomic mass is 32.1. The number of para-hydroxylation sites is 2. The zero-order chi connectivity index (χ0) is 17.5. The summed E-state index contributed by atoms with van der Waals surface area (Å²) in [6, 6.07) is 12.8. The fraction of sp³-hybridized carbons (Fsp3) is 0.500. The number of anilines is 1. The van der Waals surface area contributed by atoms with Crippen molar-refractivity contribution < 1.29 is 4.74 Å². The molecule has 0 radical (unpaired) electrons. The highest BCUT2D eigenvalue weighted by Crippen LogP contribution is 2.34. The molecule has 2 heterocycles. The molecule has 1 aromatic carbocycles. The van der Waals surface area contributed by atoms with Gasteiger partial charge in [-0.25, -0.2) is 0 Å². The summed E-state index contributed by atoms with van der Waals surface area (Å²) in [6.45, 7) is 5.35. The first-order valence-corrected chi connectivity index (χ1v) is 10.0. The zero-order valence-corrected chi connectivity index (χ0v) is 16.1. The van der Waals surface area contributed by atoms with Gasteiger partial charge in [0.1, 0.15) is 11.9 Å². The Kier molecular flexibility index (Phi) is 6.73. The van der Waals surface area contributed by atoms with E-state index in [9.17, 15) is 0 Å². The smallest absolute Gasteiger partial charge is 0.143 e. The minimum absolute atomic E-state index is 0.100. The number of likely N-dealkylation sites (N-methyl/N-ethyl adjacent to an activating group) is 1. The number of nitrogens with zero attached hydrogens (tertiary/aromatic N) is 2. The van der Waals surface area contributed by atoms with Gasteiger partial charge in [-0.3, -0.25) is 0 Å². The van der Waals surface area contributed by atoms with E-state index >= 15 is 0 Å². The Morgan fingerprint density at radius 1 is 1.12 bits per heavy atom. The predicted octanol–water partition coefficient (Wildman–Crippen LogP) is 3.62. The minimum atomic E-state index is 0.100. The molecular formula is C20H29N3OS. The average molecular weight is 360 g/mol. The van der Waals surface area contributed by atoms with Crippen molar-refractivity contribution in [2.45, 2.75) is 18.9 Å². The molecule has 3 rings (SSSR count). The molecular weight excluding hydrogens is 330 g/mol. The quantitative estimate of drug-likeness (QED) is 0.817. The van der Waals surface area contributed by atoms with Crippen LogP contribution in [0.2, 0.25) is 0 Å². The lowest BCUT2D eigenvalue weighted by Gasteiger charge is -2.27. The van der Waals surface area contributed by atoms with Crippen molar-refractivity contribution in [3.63, 3.8) is 0 Å². The summed E-state index contributed by atoms with van der Waals surface area (Å²) in [5.74, 6) is 1.00. The van der Waals surface area contributed by atoms with Gasteiger partial charge >= 0.3 is 0 Å². The third-order valence-electron chi connectivity index (χ3n) is 4.71. The highest BCUT2D eigenvalue weighted by Gasteiger charge is 2.20. The van der Waals surface area contributed by atoms with Gasteiger partial charge in [-0.2, -0.15) is 0 Å². The molecule has 2 aromatic rings. The maximum atomic E-state index is 6.53. The van der Waals surface area contributed by atoms with E-state index in [2.05, 4.69) is 63.9 Å². The molecule has 0 aliphatic carbocycles. The number of ether oxygens (including phenoxy) is 1. The highest BCUT2D eigenvalue weighted by molar-refractivity contribution is 7.10. The lowest BCUT2D eigenvalue weighted by atomic mass is 10.2. The predicted molar refractivity (Wildman–Crippen MR) is 107 cm³/mol. The normalized spacial score (nSPS) is 17.3. The van der Waals surface area contributed by atoms with Crippen LogP contribution in [0.3, 0.4) is 0 Å². The van der Waals surface area contributed by atoms with Crippen molar-refractivity contribution in [1.82, 2.24) is 10.2 Å². The average Bonchev–Trinajstić information content (AvgIpc) is 3.08. The lowest BCUT2D eigenvalue weighted by molar-refractivity contribution is 0.199. The van der Waals surface area contributed by atoms with E-state index in [4.69, 9.17) is 4.74 Å². The van der Waals surface area contributed by atoms with Gasteiger partial charge < -0.3 is 19.9 Å². The number of rotatable bonds is 7. The van der Waals surface area contributed by atoms with Gasteiger partial charge in [-0.15, -0.1) is 11.3 Å². The van der Waals surface area contributed by atoms with Crippen molar-refractivity contribution in [3.8, 4) is 5.75 Å². The Morgan fingerprint density at radius 3 is 2.80 bits per heavy atom. The summed E-state index contributed by atoms with van der Waals surface area (Å²) >= 11 is 1.77. The molecule has 0 unspecified atom stereocenters. The van der Waals surface area contributed by atoms with E-state index < -0.39 is 0 Å². The molecule has 136 valence electrons. The maximum absolute atomic E-state index is 6.53. The van der Waals surface area contributed by atoms with Crippen LogP contribution in [-0.4, -0.2) is 51.7 Å². The molecule has 1 aromatic heterocycles. The molecule has 1 saturated heterocycles. The largest absolute Gasteiger partial charge is 0.483 e. The van der Waals surface area contributed by atoms with Crippen molar-refractivity contribution in [2.75, 3.05) is 51.7 Å². The van der Waals surface area contributed by atoms with E-state index in [1.807, 2.05) is 7.05 Å². The Labute approximate surface area is 155 Å². The van der Waals surface area contributed by atoms with Crippen molar-refractivity contribution in [2.24, 2.45) is 0 Å². The third kappa shape index (κ3) is 4.97. The van der Waals surface area contributed by atoms with E-state index in [1.165, 1.54) is 23.5 Å². The molecule has 1 atom stereocenters. The summed E-state index contributed by atoms with van der Waals surface area (Å²) in [6.07, 6.45) is 2.26. The maximum Gasteiger partial charge on any atom is 0.143 e. The summed E-state index contributed by atoms with van der Waals surface area (Å²) < 4.78 is 6.53. The molecule has 1 N–H and O–H groups in total. The van der Waals surface area contributed by atoms with E-state index in [1.54, 1.807) is 11.3 Å². The fourth-order valence-electron chi connectivity index (χ4n) is 3.27. The molecule has 1 aliphatic heterocycles. The SMILES string of the molecule is CNCC[C@@H](Oc1ccccc1N1CCCN(C)CC1)c1cccs1. The topological polar surface area (TPSA) is 27.7 Å². The van der Waals surface area contributed by atoms with Crippen LogP contribution < -0.4 is 15.0 Å². The van der Waals surface area contributed by atoms with Gasteiger partial charge in [-0.1, -0.05) is 18.2 Å². The Bertz CT molecular complexity index is 632. The van der Waals surface area contributed by atoms with Gasteiger partial charge in [-0.05, 0) is 57.2 Å². The molecule has 1 fully saturated rings. The van der Waals surface area contributed by atoms with Crippen LogP contribution >= 0.6 is 11.3 Å². The molecule has 0 saturated carbocycles. The molecule has 5 heteroatoms. The summed E-state index contributed by atoms with van der Waals surface area (Å²) in [5, 5.41) is 5.37. The summed E-state index contributed by atoms with van der Waals surface area (Å²) in [4.78, 5) is 6.17. The molecule has 0 bridgehead atoms. The van der Waals surface area contributed by atoms with Crippen LogP contribution in [0.4, 0.5) is 5.69 Å². The fourth-order valence-corrected chi connectivity index (χ4v) is 4.06. The van der Waals surface area contributed by atoms with Crippen molar-refractivity contribution in [3.05, 3.63) is 46.7 Å². The first-order valence-electron chi connectivity index (χ1n) is 9.15. The first-order chi connectivity index (χ1) is 12.3. The number of nitrogens with one attached hydrogen (secondary N) is 1. The summed E-state index contributed by atoms with van der Waals surface area (Å²) in [5.41, 5.74) is 1.23. The van der Waals surface area contributed by atoms with Gasteiger partial charge in [0.2, 0.25) is 0 Å². The molecule has 4 nitrogen and oxygen atoms in total. The van der Waals surface area contributed by atoms with E-state index in [-0.39, 0.29) is 6.10 Å². The standard InChI is InChI=1S/C20H29N3OS/c1-21-11-10-19(20-9-5-16-25-20)24-18-8-4-3-7-17(18)23-13-6-12-22(2)14-15-23/h3-5,7-9,16,19,21H,6,10-15H2,1-2H3/t19-/m1/s1. The monoisotopic (exact) mass is 359 g/mol. The van der Waals surface area contributed by atoms with Crippen LogP contribution in [0, 0.1) is 0 Å². The molecule has 1 aliphatic rings. The second-order valence-electron chi connectivity index (χ2n) is 6.63. The summed E-state index contributed by atoms with van der Waals surface area (Å²) in [7, 11) is 4.20. The lowest BCUT2D eigenvalue weighted by Crippen LogP contribution is -2.29. The van der Waals surface area contributed by atoms with Crippen LogP contribution in [0.1, 0.15) is 23.8 Å². The molecule has 25 heavy (non-hydrogen) atoms. The number of hydrogen-bond donors (Lipinski definition) is 1. The Balaban J connectivity index is 1.79. The van der Waals surface area contributed by atoms with Crippen molar-refractivity contribution >= 4 is 17.0 Å². The zero-order valence-electron chi connectivity index (χ0n) is 15.3. The number of hydrogen-bond acceptors (Lipinski definition) is 5. The van der Waals surface area contributed by atoms with Crippen molar-refractivity contribution in [1.29, 1.82) is 0 Å².